The molecule has 1 aromatic carbocycles. The molecule has 0 aliphatic rings. The number of benzene rings is 1. The summed E-state index contributed by atoms with van der Waals surface area (Å²) in [7, 11) is 0. The smallest absolute Gasteiger partial charge is 0.408 e. The second-order valence-electron chi connectivity index (χ2n) is 3.65. The molecule has 0 aliphatic carbocycles. The fourth-order valence-electron chi connectivity index (χ4n) is 1.79. The number of fused-ring (bicyclic) bond motifs is 1. The highest BCUT2D eigenvalue weighted by atomic mass is 16.4. The number of hydrogen-bond acceptors (Lipinski definition) is 5. The zero-order valence-electron chi connectivity index (χ0n) is 9.04. The van der Waals surface area contributed by atoms with Crippen LogP contribution in [0.25, 0.3) is 16.8 Å². The SMILES string of the molecule is N#Cc1nccn1-c1cc2[nH]c(=O)oc2cc1N. The fraction of sp³-hybridized carbons (Fsp3) is 0. The fourth-order valence-corrected chi connectivity index (χ4v) is 1.79. The summed E-state index contributed by atoms with van der Waals surface area (Å²) in [6.45, 7) is 0. The van der Waals surface area contributed by atoms with Gasteiger partial charge in [-0.15, -0.1) is 0 Å². The van der Waals surface area contributed by atoms with Crippen molar-refractivity contribution < 1.29 is 4.42 Å². The molecule has 0 saturated carbocycles. The lowest BCUT2D eigenvalue weighted by Crippen LogP contribution is -2.01. The van der Waals surface area contributed by atoms with Gasteiger partial charge in [0, 0.05) is 18.5 Å². The third-order valence-electron chi connectivity index (χ3n) is 2.57. The van der Waals surface area contributed by atoms with E-state index in [-0.39, 0.29) is 5.82 Å². The molecule has 7 heteroatoms. The first-order valence-electron chi connectivity index (χ1n) is 5.05. The van der Waals surface area contributed by atoms with Gasteiger partial charge in [-0.25, -0.2) is 9.78 Å². The van der Waals surface area contributed by atoms with Crippen LogP contribution in [-0.4, -0.2) is 14.5 Å². The quantitative estimate of drug-likeness (QED) is 0.610. The molecular weight excluding hydrogens is 234 g/mol. The third-order valence-corrected chi connectivity index (χ3v) is 2.57. The van der Waals surface area contributed by atoms with Gasteiger partial charge in [-0.3, -0.25) is 9.55 Å². The maximum Gasteiger partial charge on any atom is 0.417 e. The van der Waals surface area contributed by atoms with Crippen LogP contribution in [0.4, 0.5) is 5.69 Å². The van der Waals surface area contributed by atoms with Gasteiger partial charge in [-0.05, 0) is 6.07 Å². The average Bonchev–Trinajstić information content (AvgIpc) is 2.92. The average molecular weight is 241 g/mol. The lowest BCUT2D eigenvalue weighted by Gasteiger charge is -2.06. The monoisotopic (exact) mass is 241 g/mol. The van der Waals surface area contributed by atoms with Crippen molar-refractivity contribution in [2.45, 2.75) is 0 Å². The Bertz CT molecular complexity index is 833. The van der Waals surface area contributed by atoms with Crippen LogP contribution in [0.1, 0.15) is 5.82 Å². The van der Waals surface area contributed by atoms with Crippen molar-refractivity contribution in [3.63, 3.8) is 0 Å². The molecule has 18 heavy (non-hydrogen) atoms. The van der Waals surface area contributed by atoms with E-state index in [0.29, 0.717) is 22.5 Å². The van der Waals surface area contributed by atoms with E-state index in [1.807, 2.05) is 6.07 Å². The predicted molar refractivity (Wildman–Crippen MR) is 63.1 cm³/mol. The maximum atomic E-state index is 11.1. The van der Waals surface area contributed by atoms with Crippen molar-refractivity contribution in [1.29, 1.82) is 5.26 Å². The molecule has 0 atom stereocenters. The van der Waals surface area contributed by atoms with Crippen molar-refractivity contribution in [3.8, 4) is 11.8 Å². The van der Waals surface area contributed by atoms with Gasteiger partial charge >= 0.3 is 5.76 Å². The first-order valence-corrected chi connectivity index (χ1v) is 5.05. The van der Waals surface area contributed by atoms with Crippen molar-refractivity contribution >= 4 is 16.8 Å². The molecule has 2 heterocycles. The zero-order valence-corrected chi connectivity index (χ0v) is 9.04. The summed E-state index contributed by atoms with van der Waals surface area (Å²) in [5.41, 5.74) is 7.72. The van der Waals surface area contributed by atoms with Gasteiger partial charge in [0.05, 0.1) is 16.9 Å². The Morgan fingerprint density at radius 2 is 2.33 bits per heavy atom. The van der Waals surface area contributed by atoms with Crippen molar-refractivity contribution in [3.05, 3.63) is 40.9 Å². The highest BCUT2D eigenvalue weighted by Gasteiger charge is 2.11. The molecule has 0 spiro atoms. The highest BCUT2D eigenvalue weighted by molar-refractivity contribution is 5.82. The van der Waals surface area contributed by atoms with Gasteiger partial charge in [0.2, 0.25) is 5.82 Å². The van der Waals surface area contributed by atoms with Gasteiger partial charge < -0.3 is 10.2 Å². The minimum absolute atomic E-state index is 0.215. The molecule has 88 valence electrons. The van der Waals surface area contributed by atoms with Crippen molar-refractivity contribution in [1.82, 2.24) is 14.5 Å². The largest absolute Gasteiger partial charge is 0.417 e. The summed E-state index contributed by atoms with van der Waals surface area (Å²) in [5, 5.41) is 8.93. The first kappa shape index (κ1) is 10.2. The van der Waals surface area contributed by atoms with Gasteiger partial charge in [0.25, 0.3) is 0 Å². The Kier molecular flexibility index (Phi) is 1.97. The Hall–Kier alpha value is -3.01. The molecule has 0 aliphatic heterocycles. The van der Waals surface area contributed by atoms with Gasteiger partial charge in [0.15, 0.2) is 5.58 Å². The van der Waals surface area contributed by atoms with E-state index in [1.165, 1.54) is 12.3 Å². The molecule has 0 saturated heterocycles. The van der Waals surface area contributed by atoms with Crippen LogP contribution >= 0.6 is 0 Å². The Morgan fingerprint density at radius 1 is 1.50 bits per heavy atom. The number of nitrogens with zero attached hydrogens (tertiary/aromatic N) is 3. The Morgan fingerprint density at radius 3 is 3.11 bits per heavy atom. The van der Waals surface area contributed by atoms with Gasteiger partial charge in [-0.1, -0.05) is 0 Å². The number of aromatic amines is 1. The van der Waals surface area contributed by atoms with Crippen LogP contribution in [0.5, 0.6) is 0 Å². The van der Waals surface area contributed by atoms with E-state index in [1.54, 1.807) is 16.8 Å². The number of nitriles is 1. The number of nitrogen functional groups attached to an aromatic ring is 1. The van der Waals surface area contributed by atoms with Crippen molar-refractivity contribution in [2.24, 2.45) is 0 Å². The molecule has 0 radical (unpaired) electrons. The van der Waals surface area contributed by atoms with E-state index in [0.717, 1.165) is 0 Å². The van der Waals surface area contributed by atoms with Crippen molar-refractivity contribution in [2.75, 3.05) is 5.73 Å². The number of nitrogens with two attached hydrogens (primary N) is 1. The first-order chi connectivity index (χ1) is 8.69. The number of H-pyrrole nitrogens is 1. The molecule has 0 amide bonds. The summed E-state index contributed by atoms with van der Waals surface area (Å²) in [6.07, 6.45) is 3.12. The van der Waals surface area contributed by atoms with Crippen LogP contribution in [0.3, 0.4) is 0 Å². The molecule has 3 aromatic rings. The number of imidazole rings is 1. The normalized spacial score (nSPS) is 10.6. The van der Waals surface area contributed by atoms with Crippen LogP contribution in [0.2, 0.25) is 0 Å². The molecule has 0 unspecified atom stereocenters. The number of aromatic nitrogens is 3. The number of rotatable bonds is 1. The van der Waals surface area contributed by atoms with E-state index in [9.17, 15) is 4.79 Å². The number of oxazole rings is 1. The van der Waals surface area contributed by atoms with E-state index in [2.05, 4.69) is 9.97 Å². The standard InChI is InChI=1S/C11H7N5O2/c12-5-10-14-1-2-16(10)8-4-7-9(3-6(8)13)18-11(17)15-7/h1-4H,13H2,(H,15,17). The molecule has 2 aromatic heterocycles. The summed E-state index contributed by atoms with van der Waals surface area (Å²) in [6, 6.07) is 5.12. The maximum absolute atomic E-state index is 11.1. The number of nitrogens with one attached hydrogen (secondary N) is 1. The molecule has 7 nitrogen and oxygen atoms in total. The minimum Gasteiger partial charge on any atom is -0.408 e. The van der Waals surface area contributed by atoms with Crippen LogP contribution < -0.4 is 11.5 Å². The highest BCUT2D eigenvalue weighted by Crippen LogP contribution is 2.24. The second-order valence-corrected chi connectivity index (χ2v) is 3.65. The summed E-state index contributed by atoms with van der Waals surface area (Å²) in [5.74, 6) is -0.334. The Labute approximate surface area is 100 Å². The minimum atomic E-state index is -0.548. The second kappa shape index (κ2) is 3.49. The summed E-state index contributed by atoms with van der Waals surface area (Å²) >= 11 is 0. The van der Waals surface area contributed by atoms with Crippen LogP contribution in [-0.2, 0) is 0 Å². The number of anilines is 1. The van der Waals surface area contributed by atoms with E-state index in [4.69, 9.17) is 15.4 Å². The molecule has 0 fully saturated rings. The Balaban J connectivity index is 2.32. The topological polar surface area (TPSA) is 114 Å². The predicted octanol–water partition coefficient (Wildman–Crippen LogP) is 0.761. The third kappa shape index (κ3) is 1.36. The lowest BCUT2D eigenvalue weighted by atomic mass is 10.2. The van der Waals surface area contributed by atoms with Gasteiger partial charge in [0.1, 0.15) is 6.07 Å². The van der Waals surface area contributed by atoms with Gasteiger partial charge in [-0.2, -0.15) is 5.26 Å². The number of hydrogen-bond donors (Lipinski definition) is 2. The van der Waals surface area contributed by atoms with E-state index < -0.39 is 5.76 Å². The lowest BCUT2D eigenvalue weighted by molar-refractivity contribution is 0.555. The van der Waals surface area contributed by atoms with E-state index >= 15 is 0 Å². The van der Waals surface area contributed by atoms with Crippen LogP contribution in [0.15, 0.2) is 33.7 Å². The molecule has 0 bridgehead atoms. The molecule has 3 rings (SSSR count). The summed E-state index contributed by atoms with van der Waals surface area (Å²) in [4.78, 5) is 17.5. The summed E-state index contributed by atoms with van der Waals surface area (Å²) < 4.78 is 6.44. The molecule has 3 N–H and O–H groups in total. The zero-order chi connectivity index (χ0) is 12.7. The molecular formula is C11H7N5O2. The van der Waals surface area contributed by atoms with Crippen LogP contribution in [0, 0.1) is 11.3 Å².